The molecule has 1 N–H and O–H groups in total. The molecule has 1 aliphatic heterocycles. The van der Waals surface area contributed by atoms with Gasteiger partial charge in [0.05, 0.1) is 31.4 Å². The summed E-state index contributed by atoms with van der Waals surface area (Å²) in [5.74, 6) is -0.602. The van der Waals surface area contributed by atoms with Crippen molar-refractivity contribution in [2.75, 3.05) is 20.8 Å². The maximum Gasteiger partial charge on any atom is 0.295 e. The lowest BCUT2D eigenvalue weighted by Gasteiger charge is -2.23. The smallest absolute Gasteiger partial charge is 0.295 e. The normalized spacial score (nSPS) is 18.8. The summed E-state index contributed by atoms with van der Waals surface area (Å²) in [6.45, 7) is 2.38. The van der Waals surface area contributed by atoms with Crippen molar-refractivity contribution >= 4 is 28.8 Å². The van der Waals surface area contributed by atoms with Gasteiger partial charge in [-0.2, -0.15) is 0 Å². The lowest BCUT2D eigenvalue weighted by molar-refractivity contribution is -0.139. The van der Waals surface area contributed by atoms with Crippen LogP contribution in [-0.4, -0.2) is 42.5 Å². The fourth-order valence-electron chi connectivity index (χ4n) is 3.23. The van der Waals surface area contributed by atoms with Crippen LogP contribution in [0.25, 0.3) is 5.76 Å². The number of amides is 1. The minimum absolute atomic E-state index is 0.0827. The number of hydrogen-bond donors (Lipinski definition) is 1. The van der Waals surface area contributed by atoms with Gasteiger partial charge >= 0.3 is 0 Å². The first-order valence-corrected chi connectivity index (χ1v) is 9.45. The molecule has 0 aliphatic carbocycles. The Labute approximate surface area is 161 Å². The molecular formula is C20H21NO5S. The number of Topliss-reactive ketones (excluding diaryl/α,β-unsaturated/α-hetero) is 1. The Kier molecular flexibility index (Phi) is 5.51. The van der Waals surface area contributed by atoms with Crippen LogP contribution in [0.2, 0.25) is 0 Å². The number of ether oxygens (including phenoxy) is 2. The molecule has 1 aromatic carbocycles. The van der Waals surface area contributed by atoms with Crippen LogP contribution < -0.4 is 9.47 Å². The highest BCUT2D eigenvalue weighted by molar-refractivity contribution is 7.10. The summed E-state index contributed by atoms with van der Waals surface area (Å²) in [5, 5.41) is 12.9. The molecule has 0 spiro atoms. The van der Waals surface area contributed by atoms with Crippen molar-refractivity contribution in [3.63, 3.8) is 0 Å². The van der Waals surface area contributed by atoms with E-state index in [9.17, 15) is 14.7 Å². The lowest BCUT2D eigenvalue weighted by atomic mass is 9.99. The summed E-state index contributed by atoms with van der Waals surface area (Å²) in [6.07, 6.45) is 0.709. The van der Waals surface area contributed by atoms with Gasteiger partial charge in [0, 0.05) is 17.5 Å². The molecule has 1 aromatic heterocycles. The fraction of sp³-hybridized carbons (Fsp3) is 0.300. The number of methoxy groups -OCH3 is 2. The van der Waals surface area contributed by atoms with Gasteiger partial charge in [-0.1, -0.05) is 13.0 Å². The van der Waals surface area contributed by atoms with E-state index in [1.807, 2.05) is 24.4 Å². The maximum absolute atomic E-state index is 12.8. The molecule has 7 heteroatoms. The average molecular weight is 387 g/mol. The van der Waals surface area contributed by atoms with E-state index in [-0.39, 0.29) is 11.3 Å². The van der Waals surface area contributed by atoms with E-state index in [2.05, 4.69) is 0 Å². The number of aliphatic hydroxyl groups excluding tert-OH is 1. The van der Waals surface area contributed by atoms with Crippen LogP contribution in [0.1, 0.15) is 29.8 Å². The number of benzene rings is 1. The van der Waals surface area contributed by atoms with Crippen molar-refractivity contribution < 1.29 is 24.2 Å². The summed E-state index contributed by atoms with van der Waals surface area (Å²) in [6, 6.07) is 8.03. The molecule has 0 saturated carbocycles. The second kappa shape index (κ2) is 7.84. The Morgan fingerprint density at radius 2 is 2.00 bits per heavy atom. The Balaban J connectivity index is 2.19. The number of carbonyl (C=O) groups excluding carboxylic acids is 2. The van der Waals surface area contributed by atoms with E-state index in [0.717, 1.165) is 4.88 Å². The predicted molar refractivity (Wildman–Crippen MR) is 103 cm³/mol. The van der Waals surface area contributed by atoms with E-state index in [0.29, 0.717) is 30.0 Å². The van der Waals surface area contributed by atoms with Crippen molar-refractivity contribution in [1.82, 2.24) is 4.90 Å². The molecule has 6 nitrogen and oxygen atoms in total. The number of likely N-dealkylation sites (tertiary alicyclic amines) is 1. The van der Waals surface area contributed by atoms with Gasteiger partial charge in [-0.3, -0.25) is 9.59 Å². The summed E-state index contributed by atoms with van der Waals surface area (Å²) in [4.78, 5) is 27.7. The van der Waals surface area contributed by atoms with Gasteiger partial charge in [-0.25, -0.2) is 0 Å². The van der Waals surface area contributed by atoms with Crippen LogP contribution in [0, 0.1) is 0 Å². The molecule has 2 heterocycles. The second-order valence-electron chi connectivity index (χ2n) is 6.07. The first-order chi connectivity index (χ1) is 13.0. The Morgan fingerprint density at radius 1 is 1.22 bits per heavy atom. The molecule has 0 bridgehead atoms. The molecular weight excluding hydrogens is 366 g/mol. The number of thiophene rings is 1. The SMILES string of the molecule is CCCN1C(=O)C(=O)/C(=C(\O)c2ccc(OC)cc2OC)C1c1cccs1. The van der Waals surface area contributed by atoms with E-state index < -0.39 is 17.7 Å². The zero-order chi connectivity index (χ0) is 19.6. The summed E-state index contributed by atoms with van der Waals surface area (Å²) in [5.41, 5.74) is 0.425. The second-order valence-corrected chi connectivity index (χ2v) is 7.05. The predicted octanol–water partition coefficient (Wildman–Crippen LogP) is 3.60. The molecule has 1 unspecified atom stereocenters. The van der Waals surface area contributed by atoms with Crippen LogP contribution in [0.15, 0.2) is 41.3 Å². The minimum atomic E-state index is -0.683. The molecule has 2 aromatic rings. The summed E-state index contributed by atoms with van der Waals surface area (Å²) >= 11 is 1.44. The van der Waals surface area contributed by atoms with Crippen LogP contribution in [-0.2, 0) is 9.59 Å². The molecule has 1 aliphatic rings. The number of aliphatic hydroxyl groups is 1. The van der Waals surface area contributed by atoms with Gasteiger partial charge in [-0.05, 0) is 30.0 Å². The minimum Gasteiger partial charge on any atom is -0.507 e. The number of rotatable bonds is 6. The highest BCUT2D eigenvalue weighted by Gasteiger charge is 2.46. The first kappa shape index (κ1) is 19.0. The van der Waals surface area contributed by atoms with Crippen LogP contribution in [0.3, 0.4) is 0 Å². The number of hydrogen-bond acceptors (Lipinski definition) is 6. The van der Waals surface area contributed by atoms with Crippen molar-refractivity contribution in [3.05, 3.63) is 51.7 Å². The Bertz CT molecular complexity index is 888. The van der Waals surface area contributed by atoms with E-state index in [1.165, 1.54) is 30.5 Å². The van der Waals surface area contributed by atoms with E-state index >= 15 is 0 Å². The third kappa shape index (κ3) is 3.30. The molecule has 3 rings (SSSR count). The molecule has 1 saturated heterocycles. The zero-order valence-electron chi connectivity index (χ0n) is 15.4. The average Bonchev–Trinajstić information content (AvgIpc) is 3.29. The largest absolute Gasteiger partial charge is 0.507 e. The maximum atomic E-state index is 12.8. The van der Waals surface area contributed by atoms with Crippen LogP contribution >= 0.6 is 11.3 Å². The van der Waals surface area contributed by atoms with E-state index in [1.54, 1.807) is 18.2 Å². The quantitative estimate of drug-likeness (QED) is 0.466. The highest BCUT2D eigenvalue weighted by atomic mass is 32.1. The van der Waals surface area contributed by atoms with Crippen molar-refractivity contribution in [3.8, 4) is 11.5 Å². The molecule has 1 amide bonds. The standard InChI is InChI=1S/C20H21NO5S/c1-4-9-21-17(15-6-5-10-27-15)16(19(23)20(21)24)18(22)13-8-7-12(25-2)11-14(13)26-3/h5-8,10-11,17,22H,4,9H2,1-3H3/b18-16-. The fourth-order valence-corrected chi connectivity index (χ4v) is 4.08. The van der Waals surface area contributed by atoms with E-state index in [4.69, 9.17) is 9.47 Å². The summed E-state index contributed by atoms with van der Waals surface area (Å²) < 4.78 is 10.5. The Morgan fingerprint density at radius 3 is 2.59 bits per heavy atom. The third-order valence-corrected chi connectivity index (χ3v) is 5.41. The van der Waals surface area contributed by atoms with Gasteiger partial charge < -0.3 is 19.5 Å². The van der Waals surface area contributed by atoms with Crippen molar-refractivity contribution in [1.29, 1.82) is 0 Å². The van der Waals surface area contributed by atoms with Gasteiger partial charge in [-0.15, -0.1) is 11.3 Å². The number of nitrogens with zero attached hydrogens (tertiary/aromatic N) is 1. The molecule has 0 radical (unpaired) electrons. The van der Waals surface area contributed by atoms with Crippen LogP contribution in [0.5, 0.6) is 11.5 Å². The third-order valence-electron chi connectivity index (χ3n) is 4.48. The number of carbonyl (C=O) groups is 2. The van der Waals surface area contributed by atoms with Crippen LogP contribution in [0.4, 0.5) is 0 Å². The molecule has 27 heavy (non-hydrogen) atoms. The monoisotopic (exact) mass is 387 g/mol. The van der Waals surface area contributed by atoms with Crippen molar-refractivity contribution in [2.24, 2.45) is 0 Å². The topological polar surface area (TPSA) is 76.1 Å². The Hall–Kier alpha value is -2.80. The molecule has 1 fully saturated rings. The summed E-state index contributed by atoms with van der Waals surface area (Å²) in [7, 11) is 3.00. The highest BCUT2D eigenvalue weighted by Crippen LogP contribution is 2.42. The number of ketones is 1. The lowest BCUT2D eigenvalue weighted by Crippen LogP contribution is -2.30. The van der Waals surface area contributed by atoms with Gasteiger partial charge in [0.2, 0.25) is 0 Å². The first-order valence-electron chi connectivity index (χ1n) is 8.57. The van der Waals surface area contributed by atoms with Gasteiger partial charge in [0.1, 0.15) is 17.3 Å². The molecule has 1 atom stereocenters. The van der Waals surface area contributed by atoms with Crippen molar-refractivity contribution in [2.45, 2.75) is 19.4 Å². The van der Waals surface area contributed by atoms with Gasteiger partial charge in [0.25, 0.3) is 11.7 Å². The molecule has 142 valence electrons. The zero-order valence-corrected chi connectivity index (χ0v) is 16.2. The van der Waals surface area contributed by atoms with Gasteiger partial charge in [0.15, 0.2) is 0 Å².